The smallest absolute Gasteiger partial charge is 0.0230 e. The van der Waals surface area contributed by atoms with Crippen LogP contribution in [-0.2, 0) is 0 Å². The Hall–Kier alpha value is -0.160. The number of nitrogens with zero attached hydrogens (tertiary/aromatic N) is 3. The van der Waals surface area contributed by atoms with E-state index in [4.69, 9.17) is 0 Å². The van der Waals surface area contributed by atoms with Crippen LogP contribution in [0, 0.1) is 0 Å². The van der Waals surface area contributed by atoms with Crippen LogP contribution in [0.4, 0.5) is 0 Å². The summed E-state index contributed by atoms with van der Waals surface area (Å²) in [4.78, 5) is 7.69. The van der Waals surface area contributed by atoms with Crippen LogP contribution in [0.1, 0.15) is 13.3 Å². The van der Waals surface area contributed by atoms with Gasteiger partial charge in [0.25, 0.3) is 0 Å². The molecular formula is C13H28N4. The van der Waals surface area contributed by atoms with E-state index >= 15 is 0 Å². The summed E-state index contributed by atoms with van der Waals surface area (Å²) in [6.07, 6.45) is 1.32. The third-order valence-corrected chi connectivity index (χ3v) is 4.34. The molecule has 0 radical (unpaired) electrons. The zero-order valence-electron chi connectivity index (χ0n) is 11.5. The Bertz CT molecular complexity index is 213. The molecule has 0 aromatic rings. The predicted molar refractivity (Wildman–Crippen MR) is 72.5 cm³/mol. The Morgan fingerprint density at radius 1 is 1.06 bits per heavy atom. The Morgan fingerprint density at radius 3 is 2.41 bits per heavy atom. The fourth-order valence-electron chi connectivity index (χ4n) is 2.85. The van der Waals surface area contributed by atoms with Crippen molar-refractivity contribution in [3.05, 3.63) is 0 Å². The Morgan fingerprint density at radius 2 is 1.76 bits per heavy atom. The molecule has 2 fully saturated rings. The highest BCUT2D eigenvalue weighted by atomic mass is 15.3. The van der Waals surface area contributed by atoms with Crippen molar-refractivity contribution in [3.63, 3.8) is 0 Å². The van der Waals surface area contributed by atoms with Crippen molar-refractivity contribution in [3.8, 4) is 0 Å². The Kier molecular flexibility index (Phi) is 5.22. The molecule has 2 heterocycles. The molecule has 1 N–H and O–H groups in total. The average Bonchev–Trinajstić information content (AvgIpc) is 2.38. The zero-order valence-corrected chi connectivity index (χ0v) is 11.5. The van der Waals surface area contributed by atoms with Gasteiger partial charge in [0, 0.05) is 51.9 Å². The van der Waals surface area contributed by atoms with Gasteiger partial charge in [-0.2, -0.15) is 0 Å². The number of hydrogen-bond acceptors (Lipinski definition) is 4. The molecule has 4 nitrogen and oxygen atoms in total. The fourth-order valence-corrected chi connectivity index (χ4v) is 2.85. The van der Waals surface area contributed by atoms with Gasteiger partial charge >= 0.3 is 0 Å². The van der Waals surface area contributed by atoms with Crippen molar-refractivity contribution in [1.29, 1.82) is 0 Å². The highest BCUT2D eigenvalue weighted by Gasteiger charge is 2.20. The summed E-state index contributed by atoms with van der Waals surface area (Å²) in [5.74, 6) is 0. The summed E-state index contributed by atoms with van der Waals surface area (Å²) in [5, 5.41) is 3.50. The van der Waals surface area contributed by atoms with E-state index in [2.05, 4.69) is 34.0 Å². The van der Waals surface area contributed by atoms with Crippen LogP contribution in [0.15, 0.2) is 0 Å². The second kappa shape index (κ2) is 6.69. The van der Waals surface area contributed by atoms with Crippen LogP contribution in [0.3, 0.4) is 0 Å². The van der Waals surface area contributed by atoms with Crippen LogP contribution in [0.25, 0.3) is 0 Å². The van der Waals surface area contributed by atoms with Crippen LogP contribution < -0.4 is 5.32 Å². The molecular weight excluding hydrogens is 212 g/mol. The predicted octanol–water partition coefficient (Wildman–Crippen LogP) is -0.0824. The third-order valence-electron chi connectivity index (χ3n) is 4.34. The molecule has 1 atom stereocenters. The summed E-state index contributed by atoms with van der Waals surface area (Å²) in [6, 6.07) is 0.743. The number of likely N-dealkylation sites (N-methyl/N-ethyl adjacent to an activating group) is 2. The molecule has 17 heavy (non-hydrogen) atoms. The number of rotatable bonds is 4. The largest absolute Gasteiger partial charge is 0.314 e. The van der Waals surface area contributed by atoms with Gasteiger partial charge in [0.05, 0.1) is 0 Å². The summed E-state index contributed by atoms with van der Waals surface area (Å²) in [6.45, 7) is 13.3. The fraction of sp³-hybridized carbons (Fsp3) is 1.00. The Labute approximate surface area is 106 Å². The minimum atomic E-state index is 0.743. The molecule has 4 heteroatoms. The van der Waals surface area contributed by atoms with Crippen molar-refractivity contribution in [2.75, 3.05) is 66.0 Å². The topological polar surface area (TPSA) is 21.8 Å². The molecule has 0 aliphatic carbocycles. The summed E-state index contributed by atoms with van der Waals surface area (Å²) < 4.78 is 0. The number of hydrogen-bond donors (Lipinski definition) is 1. The lowest BCUT2D eigenvalue weighted by Crippen LogP contribution is -2.51. The molecule has 2 aliphatic heterocycles. The molecule has 0 aromatic heterocycles. The summed E-state index contributed by atoms with van der Waals surface area (Å²) in [7, 11) is 2.26. The lowest BCUT2D eigenvalue weighted by Gasteiger charge is -2.37. The maximum Gasteiger partial charge on any atom is 0.0230 e. The number of nitrogens with one attached hydrogen (secondary N) is 1. The second-order valence-electron chi connectivity index (χ2n) is 5.40. The normalized spacial score (nSPS) is 29.6. The monoisotopic (exact) mass is 240 g/mol. The average molecular weight is 240 g/mol. The Balaban J connectivity index is 1.65. The van der Waals surface area contributed by atoms with Crippen molar-refractivity contribution in [2.45, 2.75) is 19.4 Å². The lowest BCUT2D eigenvalue weighted by atomic mass is 10.1. The van der Waals surface area contributed by atoms with Crippen molar-refractivity contribution in [1.82, 2.24) is 20.0 Å². The molecule has 0 amide bonds. The molecule has 0 bridgehead atoms. The van der Waals surface area contributed by atoms with Crippen LogP contribution in [0.2, 0.25) is 0 Å². The van der Waals surface area contributed by atoms with E-state index in [-0.39, 0.29) is 0 Å². The highest BCUT2D eigenvalue weighted by molar-refractivity contribution is 4.79. The second-order valence-corrected chi connectivity index (χ2v) is 5.40. The van der Waals surface area contributed by atoms with E-state index in [1.807, 2.05) is 0 Å². The van der Waals surface area contributed by atoms with Gasteiger partial charge in [-0.3, -0.25) is 0 Å². The van der Waals surface area contributed by atoms with E-state index in [9.17, 15) is 0 Å². The van der Waals surface area contributed by atoms with Gasteiger partial charge in [-0.05, 0) is 26.6 Å². The van der Waals surface area contributed by atoms with E-state index < -0.39 is 0 Å². The first-order valence-corrected chi connectivity index (χ1v) is 7.15. The highest BCUT2D eigenvalue weighted by Crippen LogP contribution is 2.08. The van der Waals surface area contributed by atoms with Crippen LogP contribution >= 0.6 is 0 Å². The minimum absolute atomic E-state index is 0.743. The summed E-state index contributed by atoms with van der Waals surface area (Å²) in [5.41, 5.74) is 0. The molecule has 0 spiro atoms. The van der Waals surface area contributed by atoms with E-state index in [0.29, 0.717) is 0 Å². The number of piperazine rings is 2. The van der Waals surface area contributed by atoms with Crippen LogP contribution in [0.5, 0.6) is 0 Å². The maximum absolute atomic E-state index is 3.50. The zero-order chi connectivity index (χ0) is 12.1. The van der Waals surface area contributed by atoms with Gasteiger partial charge in [0.1, 0.15) is 0 Å². The first-order valence-electron chi connectivity index (χ1n) is 7.15. The van der Waals surface area contributed by atoms with Gasteiger partial charge in [-0.1, -0.05) is 6.92 Å². The quantitative estimate of drug-likeness (QED) is 0.742. The molecule has 1 unspecified atom stereocenters. The molecule has 0 saturated carbocycles. The molecule has 2 saturated heterocycles. The first-order chi connectivity index (χ1) is 8.29. The van der Waals surface area contributed by atoms with Gasteiger partial charge in [0.2, 0.25) is 0 Å². The van der Waals surface area contributed by atoms with Crippen LogP contribution in [-0.4, -0.2) is 86.7 Å². The first kappa shape index (κ1) is 13.3. The van der Waals surface area contributed by atoms with Gasteiger partial charge in [-0.15, -0.1) is 0 Å². The van der Waals surface area contributed by atoms with Gasteiger partial charge in [0.15, 0.2) is 0 Å². The lowest BCUT2D eigenvalue weighted by molar-refractivity contribution is 0.116. The molecule has 2 aliphatic rings. The van der Waals surface area contributed by atoms with E-state index in [0.717, 1.165) is 12.6 Å². The van der Waals surface area contributed by atoms with E-state index in [1.54, 1.807) is 0 Å². The van der Waals surface area contributed by atoms with Crippen molar-refractivity contribution in [2.24, 2.45) is 0 Å². The maximum atomic E-state index is 3.50. The van der Waals surface area contributed by atoms with Gasteiger partial charge < -0.3 is 20.0 Å². The molecule has 0 aromatic carbocycles. The minimum Gasteiger partial charge on any atom is -0.314 e. The SMILES string of the molecule is CCN1CCN(CCC2CNCCN2C)CC1. The van der Waals surface area contributed by atoms with Crippen molar-refractivity contribution < 1.29 is 0 Å². The molecule has 100 valence electrons. The van der Waals surface area contributed by atoms with E-state index in [1.165, 1.54) is 58.8 Å². The molecule has 2 rings (SSSR count). The van der Waals surface area contributed by atoms with Crippen molar-refractivity contribution >= 4 is 0 Å². The third kappa shape index (κ3) is 3.91. The van der Waals surface area contributed by atoms with Gasteiger partial charge in [-0.25, -0.2) is 0 Å². The standard InChI is InChI=1S/C13H28N4/c1-3-16-8-10-17(11-9-16)6-4-13-12-14-5-7-15(13)2/h13-14H,3-12H2,1-2H3. The summed E-state index contributed by atoms with van der Waals surface area (Å²) >= 11 is 0.